The van der Waals surface area contributed by atoms with Gasteiger partial charge in [0.1, 0.15) is 0 Å². The molecule has 3 rings (SSSR count). The van der Waals surface area contributed by atoms with Crippen LogP contribution in [0.1, 0.15) is 47.0 Å². The van der Waals surface area contributed by atoms with Crippen molar-refractivity contribution in [3.63, 3.8) is 0 Å². The fourth-order valence-electron chi connectivity index (χ4n) is 4.10. The molecule has 15 heavy (non-hydrogen) atoms. The molecule has 2 bridgehead atoms. The molecule has 4 unspecified atom stereocenters. The lowest BCUT2D eigenvalue weighted by atomic mass is 9.61. The Kier molecular flexibility index (Phi) is 2.85. The molecule has 4 atom stereocenters. The third-order valence-corrected chi connectivity index (χ3v) is 4.54. The Morgan fingerprint density at radius 1 is 1.27 bits per heavy atom. The molecule has 2 heteroatoms. The van der Waals surface area contributed by atoms with Crippen molar-refractivity contribution in [1.82, 2.24) is 4.90 Å². The van der Waals surface area contributed by atoms with Crippen molar-refractivity contribution in [1.29, 1.82) is 0 Å². The van der Waals surface area contributed by atoms with Crippen molar-refractivity contribution < 1.29 is 4.74 Å². The average molecular weight is 211 g/mol. The van der Waals surface area contributed by atoms with E-state index >= 15 is 0 Å². The third-order valence-electron chi connectivity index (χ3n) is 4.54. The van der Waals surface area contributed by atoms with Gasteiger partial charge in [-0.15, -0.1) is 0 Å². The SMILES string of the molecule is COC(C)C12CC(C)CC(C1)N2C(C)C. The van der Waals surface area contributed by atoms with Crippen LogP contribution < -0.4 is 0 Å². The Morgan fingerprint density at radius 2 is 1.93 bits per heavy atom. The van der Waals surface area contributed by atoms with Crippen LogP contribution in [0.15, 0.2) is 0 Å². The van der Waals surface area contributed by atoms with E-state index in [1.807, 2.05) is 7.11 Å². The number of fused-ring (bicyclic) bond motifs is 2. The highest BCUT2D eigenvalue weighted by molar-refractivity contribution is 5.14. The smallest absolute Gasteiger partial charge is 0.0727 e. The first-order valence-electron chi connectivity index (χ1n) is 6.32. The summed E-state index contributed by atoms with van der Waals surface area (Å²) in [5.41, 5.74) is 0.352. The molecular formula is C13H25NO. The van der Waals surface area contributed by atoms with Crippen LogP contribution in [-0.4, -0.2) is 35.7 Å². The number of piperidine rings is 1. The van der Waals surface area contributed by atoms with Crippen LogP contribution in [0.5, 0.6) is 0 Å². The van der Waals surface area contributed by atoms with E-state index in [4.69, 9.17) is 4.74 Å². The van der Waals surface area contributed by atoms with Crippen LogP contribution in [-0.2, 0) is 4.74 Å². The second-order valence-electron chi connectivity index (χ2n) is 5.89. The summed E-state index contributed by atoms with van der Waals surface area (Å²) in [5, 5.41) is 0. The molecule has 1 saturated carbocycles. The highest BCUT2D eigenvalue weighted by atomic mass is 16.5. The van der Waals surface area contributed by atoms with E-state index in [0.29, 0.717) is 17.7 Å². The second-order valence-corrected chi connectivity index (χ2v) is 5.89. The van der Waals surface area contributed by atoms with Crippen molar-refractivity contribution in [3.8, 4) is 0 Å². The Morgan fingerprint density at radius 3 is 2.47 bits per heavy atom. The molecule has 3 aliphatic rings. The number of ether oxygens (including phenoxy) is 1. The number of nitrogens with zero attached hydrogens (tertiary/aromatic N) is 1. The van der Waals surface area contributed by atoms with Crippen LogP contribution in [0.3, 0.4) is 0 Å². The number of rotatable bonds is 3. The molecule has 2 nitrogen and oxygen atoms in total. The minimum absolute atomic E-state index is 0.352. The zero-order valence-electron chi connectivity index (χ0n) is 10.8. The van der Waals surface area contributed by atoms with Gasteiger partial charge in [-0.1, -0.05) is 6.92 Å². The zero-order chi connectivity index (χ0) is 11.2. The minimum Gasteiger partial charge on any atom is -0.380 e. The first-order valence-corrected chi connectivity index (χ1v) is 6.32. The Hall–Kier alpha value is -0.0800. The molecule has 0 N–H and O–H groups in total. The van der Waals surface area contributed by atoms with Gasteiger partial charge in [-0.2, -0.15) is 0 Å². The first kappa shape index (κ1) is 11.4. The second kappa shape index (κ2) is 3.74. The lowest BCUT2D eigenvalue weighted by Crippen LogP contribution is -2.75. The lowest BCUT2D eigenvalue weighted by molar-refractivity contribution is -0.200. The van der Waals surface area contributed by atoms with Gasteiger partial charge in [-0.3, -0.25) is 4.90 Å². The molecule has 2 aliphatic heterocycles. The van der Waals surface area contributed by atoms with Gasteiger partial charge in [0, 0.05) is 24.7 Å². The summed E-state index contributed by atoms with van der Waals surface area (Å²) in [6.07, 6.45) is 4.43. The maximum Gasteiger partial charge on any atom is 0.0727 e. The first-order chi connectivity index (χ1) is 7.01. The molecular weight excluding hydrogens is 186 g/mol. The standard InChI is InChI=1S/C13H25NO/c1-9(2)14-12-6-10(3)7-13(14,8-12)11(4)15-5/h9-12H,6-8H2,1-5H3. The van der Waals surface area contributed by atoms with Crippen molar-refractivity contribution in [2.24, 2.45) is 5.92 Å². The molecule has 0 aromatic rings. The van der Waals surface area contributed by atoms with Crippen molar-refractivity contribution in [2.75, 3.05) is 7.11 Å². The van der Waals surface area contributed by atoms with E-state index in [2.05, 4.69) is 32.6 Å². The fourth-order valence-corrected chi connectivity index (χ4v) is 4.10. The van der Waals surface area contributed by atoms with Gasteiger partial charge < -0.3 is 4.74 Å². The molecule has 2 saturated heterocycles. The van der Waals surface area contributed by atoms with Gasteiger partial charge in [-0.25, -0.2) is 0 Å². The van der Waals surface area contributed by atoms with Crippen LogP contribution in [0.4, 0.5) is 0 Å². The van der Waals surface area contributed by atoms with Gasteiger partial charge in [0.2, 0.25) is 0 Å². The average Bonchev–Trinajstić information content (AvgIpc) is 2.14. The van der Waals surface area contributed by atoms with Gasteiger partial charge in [0.15, 0.2) is 0 Å². The summed E-state index contributed by atoms with van der Waals surface area (Å²) < 4.78 is 5.62. The van der Waals surface area contributed by atoms with Crippen LogP contribution >= 0.6 is 0 Å². The maximum atomic E-state index is 5.62. The van der Waals surface area contributed by atoms with E-state index in [1.165, 1.54) is 19.3 Å². The van der Waals surface area contributed by atoms with Gasteiger partial charge in [-0.05, 0) is 46.0 Å². The number of methoxy groups -OCH3 is 1. The highest BCUT2D eigenvalue weighted by Gasteiger charge is 2.59. The molecule has 88 valence electrons. The molecule has 1 aliphatic carbocycles. The maximum absolute atomic E-state index is 5.62. The quantitative estimate of drug-likeness (QED) is 0.711. The predicted octanol–water partition coefficient (Wildman–Crippen LogP) is 2.67. The Balaban J connectivity index is 2.19. The summed E-state index contributed by atoms with van der Waals surface area (Å²) in [4.78, 5) is 2.71. The van der Waals surface area contributed by atoms with Crippen LogP contribution in [0.2, 0.25) is 0 Å². The Bertz CT molecular complexity index is 241. The van der Waals surface area contributed by atoms with E-state index in [-0.39, 0.29) is 0 Å². The van der Waals surface area contributed by atoms with Gasteiger partial charge in [0.25, 0.3) is 0 Å². The van der Waals surface area contributed by atoms with Crippen LogP contribution in [0.25, 0.3) is 0 Å². The van der Waals surface area contributed by atoms with Crippen molar-refractivity contribution in [2.45, 2.75) is 70.7 Å². The summed E-state index contributed by atoms with van der Waals surface area (Å²) in [6.45, 7) is 9.27. The summed E-state index contributed by atoms with van der Waals surface area (Å²) >= 11 is 0. The van der Waals surface area contributed by atoms with Crippen molar-refractivity contribution >= 4 is 0 Å². The van der Waals surface area contributed by atoms with Gasteiger partial charge in [0.05, 0.1) is 6.10 Å². The van der Waals surface area contributed by atoms with E-state index in [9.17, 15) is 0 Å². The minimum atomic E-state index is 0.352. The summed E-state index contributed by atoms with van der Waals surface area (Å²) in [5.74, 6) is 0.872. The molecule has 2 heterocycles. The molecule has 0 aromatic carbocycles. The number of hydrogen-bond donors (Lipinski definition) is 0. The third kappa shape index (κ3) is 1.53. The number of hydrogen-bond acceptors (Lipinski definition) is 2. The monoisotopic (exact) mass is 211 g/mol. The topological polar surface area (TPSA) is 12.5 Å². The summed E-state index contributed by atoms with van der Waals surface area (Å²) in [6, 6.07) is 1.49. The van der Waals surface area contributed by atoms with Crippen molar-refractivity contribution in [3.05, 3.63) is 0 Å². The Labute approximate surface area is 94.0 Å². The van der Waals surface area contributed by atoms with Crippen LogP contribution in [0, 0.1) is 5.92 Å². The lowest BCUT2D eigenvalue weighted by Gasteiger charge is -2.67. The molecule has 3 fully saturated rings. The normalized spacial score (nSPS) is 42.8. The fraction of sp³-hybridized carbons (Fsp3) is 1.00. The van der Waals surface area contributed by atoms with E-state index in [0.717, 1.165) is 12.0 Å². The predicted molar refractivity (Wildman–Crippen MR) is 63.0 cm³/mol. The van der Waals surface area contributed by atoms with E-state index < -0.39 is 0 Å². The van der Waals surface area contributed by atoms with Gasteiger partial charge >= 0.3 is 0 Å². The molecule has 0 spiro atoms. The molecule has 0 amide bonds. The highest BCUT2D eigenvalue weighted by Crippen LogP contribution is 2.52. The molecule has 0 radical (unpaired) electrons. The zero-order valence-corrected chi connectivity index (χ0v) is 10.8. The largest absolute Gasteiger partial charge is 0.380 e. The molecule has 0 aromatic heterocycles. The van der Waals surface area contributed by atoms with E-state index in [1.54, 1.807) is 0 Å². The summed E-state index contributed by atoms with van der Waals surface area (Å²) in [7, 11) is 1.85.